The van der Waals surface area contributed by atoms with Crippen LogP contribution in [0.2, 0.25) is 0 Å². The van der Waals surface area contributed by atoms with E-state index in [2.05, 4.69) is 5.32 Å². The fraction of sp³-hybridized carbons (Fsp3) is 0.900. The van der Waals surface area contributed by atoms with Crippen molar-refractivity contribution in [2.24, 2.45) is 11.7 Å². The van der Waals surface area contributed by atoms with Gasteiger partial charge in [0.1, 0.15) is 5.60 Å². The minimum absolute atomic E-state index is 0.334. The number of carbonyl (C=O) groups excluding carboxylic acids is 1. The molecule has 0 aliphatic heterocycles. The molecule has 1 saturated carbocycles. The van der Waals surface area contributed by atoms with E-state index in [1.165, 1.54) is 0 Å². The first-order chi connectivity index (χ1) is 6.37. The molecule has 0 radical (unpaired) electrons. The van der Waals surface area contributed by atoms with Crippen molar-refractivity contribution in [3.05, 3.63) is 0 Å². The number of hydrogen-bond donors (Lipinski definition) is 2. The monoisotopic (exact) mass is 200 g/mol. The lowest BCUT2D eigenvalue weighted by Crippen LogP contribution is -2.43. The van der Waals surface area contributed by atoms with Crippen molar-refractivity contribution >= 4 is 6.09 Å². The summed E-state index contributed by atoms with van der Waals surface area (Å²) in [5.74, 6) is 0.539. The predicted molar refractivity (Wildman–Crippen MR) is 54.9 cm³/mol. The van der Waals surface area contributed by atoms with Gasteiger partial charge in [0.2, 0.25) is 0 Å². The number of rotatable bonds is 2. The summed E-state index contributed by atoms with van der Waals surface area (Å²) in [6.07, 6.45) is 1.68. The van der Waals surface area contributed by atoms with Crippen molar-refractivity contribution < 1.29 is 9.53 Å². The van der Waals surface area contributed by atoms with Crippen molar-refractivity contribution in [2.45, 2.75) is 45.3 Å². The Labute approximate surface area is 85.2 Å². The van der Waals surface area contributed by atoms with Gasteiger partial charge < -0.3 is 15.8 Å². The van der Waals surface area contributed by atoms with E-state index in [1.54, 1.807) is 0 Å². The predicted octanol–water partition coefficient (Wildman–Crippen LogP) is 1.25. The van der Waals surface area contributed by atoms with Gasteiger partial charge in [0.15, 0.2) is 0 Å². The molecule has 3 N–H and O–H groups in total. The maximum Gasteiger partial charge on any atom is 0.407 e. The van der Waals surface area contributed by atoms with Gasteiger partial charge in [-0.2, -0.15) is 0 Å². The first kappa shape index (κ1) is 11.3. The maximum absolute atomic E-state index is 11.2. The van der Waals surface area contributed by atoms with Crippen LogP contribution in [0.3, 0.4) is 0 Å². The van der Waals surface area contributed by atoms with E-state index in [9.17, 15) is 4.79 Å². The molecule has 1 amide bonds. The second kappa shape index (κ2) is 4.17. The molecule has 0 heterocycles. The summed E-state index contributed by atoms with van der Waals surface area (Å²) in [5.41, 5.74) is 5.22. The minimum atomic E-state index is -0.417. The van der Waals surface area contributed by atoms with Crippen molar-refractivity contribution in [3.8, 4) is 0 Å². The molecule has 4 nitrogen and oxygen atoms in total. The molecule has 0 aromatic carbocycles. The van der Waals surface area contributed by atoms with Gasteiger partial charge in [-0.15, -0.1) is 0 Å². The molecule has 0 aromatic rings. The highest BCUT2D eigenvalue weighted by Crippen LogP contribution is 2.24. The lowest BCUT2D eigenvalue weighted by molar-refractivity contribution is 0.0507. The summed E-state index contributed by atoms with van der Waals surface area (Å²) in [7, 11) is 0. The van der Waals surface area contributed by atoms with Gasteiger partial charge in [-0.1, -0.05) is 0 Å². The van der Waals surface area contributed by atoms with Crippen LogP contribution in [0.4, 0.5) is 4.79 Å². The average molecular weight is 200 g/mol. The molecule has 0 atom stereocenters. The lowest BCUT2D eigenvalue weighted by atomic mass is 9.81. The highest BCUT2D eigenvalue weighted by molar-refractivity contribution is 5.67. The Morgan fingerprint density at radius 3 is 2.50 bits per heavy atom. The van der Waals surface area contributed by atoms with Crippen LogP contribution in [0.15, 0.2) is 0 Å². The minimum Gasteiger partial charge on any atom is -0.444 e. The molecule has 0 unspecified atom stereocenters. The number of ether oxygens (including phenoxy) is 1. The molecule has 1 fully saturated rings. The number of nitrogens with one attached hydrogen (secondary N) is 1. The number of nitrogens with two attached hydrogens (primary N) is 1. The van der Waals surface area contributed by atoms with E-state index < -0.39 is 5.60 Å². The molecule has 0 aromatic heterocycles. The Morgan fingerprint density at radius 2 is 2.07 bits per heavy atom. The lowest BCUT2D eigenvalue weighted by Gasteiger charge is -2.32. The second-order valence-corrected chi connectivity index (χ2v) is 4.98. The van der Waals surface area contributed by atoms with Crippen LogP contribution in [0.25, 0.3) is 0 Å². The number of alkyl carbamates (subject to hydrolysis) is 1. The van der Waals surface area contributed by atoms with Gasteiger partial charge in [-0.3, -0.25) is 0 Å². The van der Waals surface area contributed by atoms with Crippen molar-refractivity contribution in [2.75, 3.05) is 6.54 Å². The number of amides is 1. The topological polar surface area (TPSA) is 64.3 Å². The van der Waals surface area contributed by atoms with E-state index >= 15 is 0 Å². The Balaban J connectivity index is 2.10. The molecule has 14 heavy (non-hydrogen) atoms. The highest BCUT2D eigenvalue weighted by atomic mass is 16.6. The van der Waals surface area contributed by atoms with Crippen LogP contribution in [-0.4, -0.2) is 24.3 Å². The van der Waals surface area contributed by atoms with Gasteiger partial charge in [0, 0.05) is 12.6 Å². The van der Waals surface area contributed by atoms with Gasteiger partial charge in [0.05, 0.1) is 0 Å². The van der Waals surface area contributed by atoms with Crippen LogP contribution < -0.4 is 11.1 Å². The molecule has 0 saturated heterocycles. The third kappa shape index (κ3) is 3.96. The molecule has 0 spiro atoms. The van der Waals surface area contributed by atoms with Crippen LogP contribution in [0.5, 0.6) is 0 Å². The summed E-state index contributed by atoms with van der Waals surface area (Å²) in [6.45, 7) is 6.24. The van der Waals surface area contributed by atoms with Gasteiger partial charge in [-0.25, -0.2) is 4.79 Å². The van der Waals surface area contributed by atoms with E-state index in [1.807, 2.05) is 20.8 Å². The molecule has 4 heteroatoms. The molecule has 1 rings (SSSR count). The average Bonchev–Trinajstić information content (AvgIpc) is 1.92. The fourth-order valence-corrected chi connectivity index (χ4v) is 1.50. The quantitative estimate of drug-likeness (QED) is 0.705. The Morgan fingerprint density at radius 1 is 1.50 bits per heavy atom. The van der Waals surface area contributed by atoms with Crippen molar-refractivity contribution in [3.63, 3.8) is 0 Å². The van der Waals surface area contributed by atoms with E-state index in [0.717, 1.165) is 12.8 Å². The van der Waals surface area contributed by atoms with E-state index in [0.29, 0.717) is 18.5 Å². The smallest absolute Gasteiger partial charge is 0.407 e. The normalized spacial score (nSPS) is 26.6. The summed E-state index contributed by atoms with van der Waals surface area (Å²) >= 11 is 0. The first-order valence-corrected chi connectivity index (χ1v) is 5.09. The Hall–Kier alpha value is -0.770. The molecular weight excluding hydrogens is 180 g/mol. The molecule has 1 aliphatic rings. The van der Waals surface area contributed by atoms with Crippen LogP contribution in [-0.2, 0) is 4.74 Å². The van der Waals surface area contributed by atoms with Crippen LogP contribution >= 0.6 is 0 Å². The van der Waals surface area contributed by atoms with Gasteiger partial charge in [0.25, 0.3) is 0 Å². The fourth-order valence-electron chi connectivity index (χ4n) is 1.50. The van der Waals surface area contributed by atoms with E-state index in [-0.39, 0.29) is 6.09 Å². The number of carbonyl (C=O) groups is 1. The second-order valence-electron chi connectivity index (χ2n) is 4.98. The van der Waals surface area contributed by atoms with Crippen LogP contribution in [0, 0.1) is 5.92 Å². The first-order valence-electron chi connectivity index (χ1n) is 5.09. The van der Waals surface area contributed by atoms with Gasteiger partial charge in [-0.05, 0) is 39.5 Å². The third-order valence-corrected chi connectivity index (χ3v) is 2.21. The molecular formula is C10H20N2O2. The van der Waals surface area contributed by atoms with Crippen molar-refractivity contribution in [1.82, 2.24) is 5.32 Å². The zero-order valence-electron chi connectivity index (χ0n) is 9.17. The van der Waals surface area contributed by atoms with Crippen LogP contribution in [0.1, 0.15) is 33.6 Å². The zero-order valence-corrected chi connectivity index (χ0v) is 9.17. The SMILES string of the molecule is CC(C)(C)OC(=O)NC[C@H]1C[C@@H](N)C1. The summed E-state index contributed by atoms with van der Waals surface area (Å²) in [4.78, 5) is 11.2. The van der Waals surface area contributed by atoms with Gasteiger partial charge >= 0.3 is 6.09 Å². The molecule has 1 aliphatic carbocycles. The molecule has 82 valence electrons. The Bertz CT molecular complexity index is 205. The third-order valence-electron chi connectivity index (χ3n) is 2.21. The largest absolute Gasteiger partial charge is 0.444 e. The zero-order chi connectivity index (χ0) is 10.8. The molecule has 0 bridgehead atoms. The Kier molecular flexibility index (Phi) is 3.37. The highest BCUT2D eigenvalue weighted by Gasteiger charge is 2.26. The summed E-state index contributed by atoms with van der Waals surface area (Å²) in [6, 6.07) is 0.334. The van der Waals surface area contributed by atoms with E-state index in [4.69, 9.17) is 10.5 Å². The summed E-state index contributed by atoms with van der Waals surface area (Å²) in [5, 5.41) is 2.74. The van der Waals surface area contributed by atoms with Crippen molar-refractivity contribution in [1.29, 1.82) is 0 Å². The summed E-state index contributed by atoms with van der Waals surface area (Å²) < 4.78 is 5.10. The standard InChI is InChI=1S/C10H20N2O2/c1-10(2,3)14-9(13)12-6-7-4-8(11)5-7/h7-8H,4-6,11H2,1-3H3,(H,12,13)/t7-,8+. The number of hydrogen-bond acceptors (Lipinski definition) is 3. The maximum atomic E-state index is 11.2.